The predicted molar refractivity (Wildman–Crippen MR) is 79.6 cm³/mol. The van der Waals surface area contributed by atoms with E-state index in [1.165, 1.54) is 25.7 Å². The van der Waals surface area contributed by atoms with Gasteiger partial charge >= 0.3 is 0 Å². The molecule has 0 N–H and O–H groups in total. The number of rotatable bonds is 6. The number of amides is 1. The molecule has 116 valence electrons. The van der Waals surface area contributed by atoms with Crippen molar-refractivity contribution in [2.75, 3.05) is 26.7 Å². The third-order valence-electron chi connectivity index (χ3n) is 4.78. The third-order valence-corrected chi connectivity index (χ3v) is 4.78. The van der Waals surface area contributed by atoms with Crippen molar-refractivity contribution in [1.82, 2.24) is 24.6 Å². The lowest BCUT2D eigenvalue weighted by molar-refractivity contribution is -0.129. The van der Waals surface area contributed by atoms with E-state index in [-0.39, 0.29) is 0 Å². The molecule has 6 heteroatoms. The van der Waals surface area contributed by atoms with Crippen molar-refractivity contribution in [3.05, 3.63) is 12.7 Å². The molecule has 21 heavy (non-hydrogen) atoms. The number of hydrogen-bond donors (Lipinski definition) is 0. The number of likely N-dealkylation sites (N-methyl/N-ethyl adjacent to an activating group) is 1. The van der Waals surface area contributed by atoms with Gasteiger partial charge in [-0.05, 0) is 25.8 Å². The Labute approximate surface area is 126 Å². The first-order valence-corrected chi connectivity index (χ1v) is 8.03. The molecule has 1 aromatic rings. The second-order valence-corrected chi connectivity index (χ2v) is 6.52. The minimum Gasteiger partial charge on any atom is -0.339 e. The van der Waals surface area contributed by atoms with E-state index in [4.69, 9.17) is 0 Å². The van der Waals surface area contributed by atoms with E-state index in [0.29, 0.717) is 17.9 Å². The van der Waals surface area contributed by atoms with Gasteiger partial charge in [-0.1, -0.05) is 12.8 Å². The van der Waals surface area contributed by atoms with Gasteiger partial charge in [0, 0.05) is 38.6 Å². The molecule has 0 spiro atoms. The Kier molecular flexibility index (Phi) is 4.53. The maximum Gasteiger partial charge on any atom is 0.223 e. The van der Waals surface area contributed by atoms with Gasteiger partial charge in [-0.3, -0.25) is 4.79 Å². The van der Waals surface area contributed by atoms with Crippen LogP contribution in [0.15, 0.2) is 12.7 Å². The average Bonchev–Trinajstić information content (AvgIpc) is 3.18. The van der Waals surface area contributed by atoms with Crippen LogP contribution in [-0.4, -0.2) is 63.2 Å². The minimum absolute atomic E-state index is 0.374. The number of aromatic nitrogens is 3. The molecule has 1 unspecified atom stereocenters. The molecule has 3 rings (SSSR count). The largest absolute Gasteiger partial charge is 0.339 e. The molecular weight excluding hydrogens is 266 g/mol. The van der Waals surface area contributed by atoms with Gasteiger partial charge in [0.25, 0.3) is 0 Å². The van der Waals surface area contributed by atoms with E-state index in [1.54, 1.807) is 12.7 Å². The highest BCUT2D eigenvalue weighted by atomic mass is 16.2. The highest BCUT2D eigenvalue weighted by Gasteiger charge is 2.35. The van der Waals surface area contributed by atoms with Gasteiger partial charge in [-0.15, -0.1) is 10.2 Å². The van der Waals surface area contributed by atoms with Crippen LogP contribution in [0.5, 0.6) is 0 Å². The van der Waals surface area contributed by atoms with E-state index in [2.05, 4.69) is 27.0 Å². The summed E-state index contributed by atoms with van der Waals surface area (Å²) in [5.74, 6) is 0.864. The number of likely N-dealkylation sites (tertiary alicyclic amines) is 1. The van der Waals surface area contributed by atoms with Gasteiger partial charge in [0.05, 0.1) is 0 Å². The van der Waals surface area contributed by atoms with Gasteiger partial charge in [0.15, 0.2) is 0 Å². The van der Waals surface area contributed by atoms with Crippen molar-refractivity contribution in [3.8, 4) is 0 Å². The summed E-state index contributed by atoms with van der Waals surface area (Å²) in [5, 5.41) is 7.62. The van der Waals surface area contributed by atoms with Crippen LogP contribution in [0.2, 0.25) is 0 Å². The second-order valence-electron chi connectivity index (χ2n) is 6.52. The van der Waals surface area contributed by atoms with Crippen molar-refractivity contribution in [1.29, 1.82) is 0 Å². The van der Waals surface area contributed by atoms with Gasteiger partial charge in [-0.2, -0.15) is 0 Å². The molecular formula is C15H25N5O. The topological polar surface area (TPSA) is 54.3 Å². The molecule has 1 saturated carbocycles. The molecule has 1 atom stereocenters. The second kappa shape index (κ2) is 6.56. The summed E-state index contributed by atoms with van der Waals surface area (Å²) in [6.45, 7) is 3.82. The summed E-state index contributed by atoms with van der Waals surface area (Å²) in [5.41, 5.74) is 0. The van der Waals surface area contributed by atoms with E-state index in [0.717, 1.165) is 32.6 Å². The van der Waals surface area contributed by atoms with Crippen LogP contribution in [-0.2, 0) is 11.3 Å². The molecule has 6 nitrogen and oxygen atoms in total. The summed E-state index contributed by atoms with van der Waals surface area (Å²) in [6, 6.07) is 0.532. The first-order chi connectivity index (χ1) is 10.2. The number of carbonyl (C=O) groups excluding carboxylic acids is 1. The Hall–Kier alpha value is -1.43. The van der Waals surface area contributed by atoms with Gasteiger partial charge < -0.3 is 14.4 Å². The number of nitrogens with zero attached hydrogens (tertiary/aromatic N) is 5. The highest BCUT2D eigenvalue weighted by molar-refractivity contribution is 5.79. The zero-order valence-corrected chi connectivity index (χ0v) is 12.8. The van der Waals surface area contributed by atoms with Crippen molar-refractivity contribution in [3.63, 3.8) is 0 Å². The fraction of sp³-hybridized carbons (Fsp3) is 0.800. The maximum absolute atomic E-state index is 12.2. The minimum atomic E-state index is 0.374. The lowest BCUT2D eigenvalue weighted by Crippen LogP contribution is -2.35. The molecule has 0 bridgehead atoms. The summed E-state index contributed by atoms with van der Waals surface area (Å²) in [6.07, 6.45) is 9.22. The standard InChI is InChI=1S/C15H25N5O/c1-18(6-7-19-11-16-17-12-19)9-13-8-15(21)20(10-13)14-4-2-3-5-14/h11-14H,2-10H2,1H3. The lowest BCUT2D eigenvalue weighted by Gasteiger charge is -2.25. The molecule has 1 amide bonds. The van der Waals surface area contributed by atoms with Crippen LogP contribution >= 0.6 is 0 Å². The van der Waals surface area contributed by atoms with Crippen LogP contribution < -0.4 is 0 Å². The van der Waals surface area contributed by atoms with Crippen LogP contribution in [0.25, 0.3) is 0 Å². The van der Waals surface area contributed by atoms with Crippen molar-refractivity contribution < 1.29 is 4.79 Å². The van der Waals surface area contributed by atoms with E-state index < -0.39 is 0 Å². The molecule has 2 heterocycles. The summed E-state index contributed by atoms with van der Waals surface area (Å²) < 4.78 is 1.99. The van der Waals surface area contributed by atoms with Gasteiger partial charge in [-0.25, -0.2) is 0 Å². The van der Waals surface area contributed by atoms with E-state index >= 15 is 0 Å². The quantitative estimate of drug-likeness (QED) is 0.784. The van der Waals surface area contributed by atoms with E-state index in [9.17, 15) is 4.79 Å². The normalized spacial score (nSPS) is 23.6. The third kappa shape index (κ3) is 3.61. The molecule has 2 aliphatic rings. The zero-order valence-electron chi connectivity index (χ0n) is 12.8. The molecule has 1 aliphatic heterocycles. The first-order valence-electron chi connectivity index (χ1n) is 8.03. The Morgan fingerprint density at radius 1 is 1.29 bits per heavy atom. The summed E-state index contributed by atoms with van der Waals surface area (Å²) in [4.78, 5) is 16.7. The maximum atomic E-state index is 12.2. The average molecular weight is 291 g/mol. The van der Waals surface area contributed by atoms with Crippen LogP contribution in [0.1, 0.15) is 32.1 Å². The highest BCUT2D eigenvalue weighted by Crippen LogP contribution is 2.29. The molecule has 0 radical (unpaired) electrons. The smallest absolute Gasteiger partial charge is 0.223 e. The fourth-order valence-corrected chi connectivity index (χ4v) is 3.66. The molecule has 1 saturated heterocycles. The molecule has 0 aromatic carbocycles. The van der Waals surface area contributed by atoms with Crippen molar-refractivity contribution in [2.45, 2.75) is 44.7 Å². The SMILES string of the molecule is CN(CCn1cnnc1)CC1CC(=O)N(C2CCCC2)C1. The van der Waals surface area contributed by atoms with Gasteiger partial charge in [0.2, 0.25) is 5.91 Å². The van der Waals surface area contributed by atoms with Gasteiger partial charge in [0.1, 0.15) is 12.7 Å². The molecule has 2 fully saturated rings. The fourth-order valence-electron chi connectivity index (χ4n) is 3.66. The molecule has 1 aromatic heterocycles. The Morgan fingerprint density at radius 3 is 2.71 bits per heavy atom. The van der Waals surface area contributed by atoms with Crippen LogP contribution in [0, 0.1) is 5.92 Å². The van der Waals surface area contributed by atoms with E-state index in [1.807, 2.05) is 4.57 Å². The number of hydrogen-bond acceptors (Lipinski definition) is 4. The Morgan fingerprint density at radius 2 is 2.00 bits per heavy atom. The first kappa shape index (κ1) is 14.5. The van der Waals surface area contributed by atoms with Crippen LogP contribution in [0.3, 0.4) is 0 Å². The van der Waals surface area contributed by atoms with Crippen molar-refractivity contribution >= 4 is 5.91 Å². The predicted octanol–water partition coefficient (Wildman–Crippen LogP) is 1.00. The summed E-state index contributed by atoms with van der Waals surface area (Å²) >= 11 is 0. The Balaban J connectivity index is 1.43. The van der Waals surface area contributed by atoms with Crippen molar-refractivity contribution in [2.24, 2.45) is 5.92 Å². The Bertz CT molecular complexity index is 455. The lowest BCUT2D eigenvalue weighted by atomic mass is 10.1. The zero-order chi connectivity index (χ0) is 14.7. The van der Waals surface area contributed by atoms with Crippen LogP contribution in [0.4, 0.5) is 0 Å². The summed E-state index contributed by atoms with van der Waals surface area (Å²) in [7, 11) is 2.13. The number of carbonyl (C=O) groups is 1. The molecule has 1 aliphatic carbocycles. The monoisotopic (exact) mass is 291 g/mol.